The highest BCUT2D eigenvalue weighted by molar-refractivity contribution is 7.94. The fourth-order valence-electron chi connectivity index (χ4n) is 2.52. The molecule has 0 saturated heterocycles. The summed E-state index contributed by atoms with van der Waals surface area (Å²) in [5.41, 5.74) is 1.72. The zero-order valence-corrected chi connectivity index (χ0v) is 17.2. The van der Waals surface area contributed by atoms with E-state index in [9.17, 15) is 8.42 Å². The summed E-state index contributed by atoms with van der Waals surface area (Å²) in [6, 6.07) is 15.3. The van der Waals surface area contributed by atoms with Crippen molar-refractivity contribution < 1.29 is 8.42 Å². The van der Waals surface area contributed by atoms with Crippen LogP contribution in [0.4, 0.5) is 17.3 Å². The Hall–Kier alpha value is -2.39. The summed E-state index contributed by atoms with van der Waals surface area (Å²) in [6.07, 6.45) is 0. The summed E-state index contributed by atoms with van der Waals surface area (Å²) in [6.45, 7) is 0. The number of sulfonamides is 1. The second-order valence-corrected chi connectivity index (χ2v) is 9.46. The lowest BCUT2D eigenvalue weighted by molar-refractivity contribution is 0.603. The van der Waals surface area contributed by atoms with Crippen molar-refractivity contribution in [1.29, 1.82) is 0 Å². The van der Waals surface area contributed by atoms with Crippen LogP contribution in [-0.2, 0) is 10.0 Å². The lowest BCUT2D eigenvalue weighted by Gasteiger charge is -2.13. The van der Waals surface area contributed by atoms with Crippen LogP contribution in [0.3, 0.4) is 0 Å². The fourth-order valence-corrected chi connectivity index (χ4v) is 5.04. The van der Waals surface area contributed by atoms with Crippen molar-refractivity contribution in [3.8, 4) is 0 Å². The van der Waals surface area contributed by atoms with Crippen LogP contribution in [-0.4, -0.2) is 18.4 Å². The van der Waals surface area contributed by atoms with Gasteiger partial charge in [-0.1, -0.05) is 41.4 Å². The van der Waals surface area contributed by atoms with Crippen molar-refractivity contribution in [2.24, 2.45) is 0 Å². The first-order valence-electron chi connectivity index (χ1n) is 7.97. The van der Waals surface area contributed by atoms with Crippen LogP contribution in [0, 0.1) is 0 Å². The molecule has 0 unspecified atom stereocenters. The predicted octanol–water partition coefficient (Wildman–Crippen LogP) is 5.54. The number of para-hydroxylation sites is 2. The zero-order valence-electron chi connectivity index (χ0n) is 14.1. The summed E-state index contributed by atoms with van der Waals surface area (Å²) in [4.78, 5) is 8.95. The molecular weight excluding hydrogens is 439 g/mol. The van der Waals surface area contributed by atoms with Gasteiger partial charge >= 0.3 is 0 Å². The summed E-state index contributed by atoms with van der Waals surface area (Å²) in [5, 5.41) is 5.61. The summed E-state index contributed by atoms with van der Waals surface area (Å²) < 4.78 is 28.0. The molecule has 0 aliphatic heterocycles. The van der Waals surface area contributed by atoms with Crippen LogP contribution in [0.15, 0.2) is 64.2 Å². The maximum atomic E-state index is 12.7. The Kier molecular flexibility index (Phi) is 5.11. The molecule has 2 aromatic carbocycles. The molecule has 2 heterocycles. The molecule has 0 radical (unpaired) electrons. The molecule has 2 aromatic heterocycles. The van der Waals surface area contributed by atoms with Gasteiger partial charge in [0.2, 0.25) is 0 Å². The SMILES string of the molecule is O=S(=O)(Nc1nc2ccccc2nc1Nc1cc(Cl)cc(Cl)c1)c1cccs1. The number of nitrogens with one attached hydrogen (secondary N) is 2. The molecule has 0 bridgehead atoms. The van der Waals surface area contributed by atoms with Crippen LogP contribution in [0.5, 0.6) is 0 Å². The van der Waals surface area contributed by atoms with E-state index in [1.165, 1.54) is 6.07 Å². The first kappa shape index (κ1) is 18.9. The first-order chi connectivity index (χ1) is 13.4. The van der Waals surface area contributed by atoms with Crippen LogP contribution >= 0.6 is 34.5 Å². The van der Waals surface area contributed by atoms with E-state index in [-0.39, 0.29) is 15.8 Å². The molecule has 0 aliphatic rings. The molecule has 0 aliphatic carbocycles. The largest absolute Gasteiger partial charge is 0.337 e. The summed E-state index contributed by atoms with van der Waals surface area (Å²) >= 11 is 13.2. The maximum Gasteiger partial charge on any atom is 0.272 e. The third kappa shape index (κ3) is 4.05. The molecule has 0 atom stereocenters. The maximum absolute atomic E-state index is 12.7. The number of benzene rings is 2. The van der Waals surface area contributed by atoms with Crippen molar-refractivity contribution >= 4 is 72.9 Å². The minimum atomic E-state index is -3.80. The van der Waals surface area contributed by atoms with Crippen LogP contribution in [0.25, 0.3) is 11.0 Å². The third-order valence-electron chi connectivity index (χ3n) is 3.69. The average molecular weight is 451 g/mol. The fraction of sp³-hybridized carbons (Fsp3) is 0. The standard InChI is InChI=1S/C18H12Cl2N4O2S2/c19-11-8-12(20)10-13(9-11)21-17-18(23-15-5-2-1-4-14(15)22-17)24-28(25,26)16-6-3-7-27-16/h1-10H,(H,21,22)(H,23,24). The molecule has 142 valence electrons. The smallest absolute Gasteiger partial charge is 0.272 e. The van der Waals surface area contributed by atoms with Crippen LogP contribution < -0.4 is 10.0 Å². The van der Waals surface area contributed by atoms with Gasteiger partial charge in [0.05, 0.1) is 11.0 Å². The van der Waals surface area contributed by atoms with E-state index in [1.54, 1.807) is 47.8 Å². The van der Waals surface area contributed by atoms with Crippen molar-refractivity contribution in [2.75, 3.05) is 10.0 Å². The van der Waals surface area contributed by atoms with Crippen LogP contribution in [0.2, 0.25) is 10.0 Å². The number of hydrogen-bond acceptors (Lipinski definition) is 6. The van der Waals surface area contributed by atoms with E-state index in [1.807, 2.05) is 6.07 Å². The molecule has 2 N–H and O–H groups in total. The van der Waals surface area contributed by atoms with Crippen LogP contribution in [0.1, 0.15) is 0 Å². The van der Waals surface area contributed by atoms with Gasteiger partial charge in [-0.15, -0.1) is 11.3 Å². The van der Waals surface area contributed by atoms with Crippen molar-refractivity contribution in [3.63, 3.8) is 0 Å². The second kappa shape index (κ2) is 7.56. The quantitative estimate of drug-likeness (QED) is 0.416. The van der Waals surface area contributed by atoms with E-state index in [4.69, 9.17) is 23.2 Å². The molecule has 0 spiro atoms. The molecule has 0 saturated carbocycles. The Morgan fingerprint density at radius 1 is 0.857 bits per heavy atom. The van der Waals surface area contributed by atoms with E-state index >= 15 is 0 Å². The molecule has 28 heavy (non-hydrogen) atoms. The van der Waals surface area contributed by atoms with Crippen molar-refractivity contribution in [2.45, 2.75) is 4.21 Å². The highest BCUT2D eigenvalue weighted by Gasteiger charge is 2.20. The average Bonchev–Trinajstić information content (AvgIpc) is 3.17. The normalized spacial score (nSPS) is 11.5. The number of anilines is 3. The van der Waals surface area contributed by atoms with Gasteiger partial charge in [0, 0.05) is 15.7 Å². The molecule has 4 aromatic rings. The first-order valence-corrected chi connectivity index (χ1v) is 11.1. The van der Waals surface area contributed by atoms with Gasteiger partial charge in [-0.2, -0.15) is 0 Å². The molecule has 10 heteroatoms. The second-order valence-electron chi connectivity index (χ2n) is 5.73. The van der Waals surface area contributed by atoms with Gasteiger partial charge in [0.1, 0.15) is 4.21 Å². The summed E-state index contributed by atoms with van der Waals surface area (Å²) in [7, 11) is -3.80. The van der Waals surface area contributed by atoms with Gasteiger partial charge in [0.15, 0.2) is 11.6 Å². The third-order valence-corrected chi connectivity index (χ3v) is 6.86. The number of fused-ring (bicyclic) bond motifs is 1. The topological polar surface area (TPSA) is 84.0 Å². The summed E-state index contributed by atoms with van der Waals surface area (Å²) in [5.74, 6) is 0.306. The Morgan fingerprint density at radius 2 is 1.50 bits per heavy atom. The Labute approximate surface area is 175 Å². The van der Waals surface area contributed by atoms with Gasteiger partial charge in [0.25, 0.3) is 10.0 Å². The van der Waals surface area contributed by atoms with E-state index < -0.39 is 10.0 Å². The van der Waals surface area contributed by atoms with Gasteiger partial charge in [-0.05, 0) is 41.8 Å². The minimum absolute atomic E-state index is 0.0724. The zero-order chi connectivity index (χ0) is 19.7. The van der Waals surface area contributed by atoms with Gasteiger partial charge in [-0.3, -0.25) is 4.72 Å². The highest BCUT2D eigenvalue weighted by Crippen LogP contribution is 2.30. The Bertz CT molecular complexity index is 1240. The number of hydrogen-bond donors (Lipinski definition) is 2. The molecule has 4 rings (SSSR count). The number of nitrogens with zero attached hydrogens (tertiary/aromatic N) is 2. The van der Waals surface area contributed by atoms with Gasteiger partial charge < -0.3 is 5.32 Å². The number of halogens is 2. The molecule has 6 nitrogen and oxygen atoms in total. The minimum Gasteiger partial charge on any atom is -0.337 e. The molecule has 0 amide bonds. The Balaban J connectivity index is 1.80. The van der Waals surface area contributed by atoms with Crippen molar-refractivity contribution in [3.05, 3.63) is 70.0 Å². The van der Waals surface area contributed by atoms with Gasteiger partial charge in [-0.25, -0.2) is 18.4 Å². The Morgan fingerprint density at radius 3 is 2.11 bits per heavy atom. The highest BCUT2D eigenvalue weighted by atomic mass is 35.5. The number of aromatic nitrogens is 2. The predicted molar refractivity (Wildman–Crippen MR) is 114 cm³/mol. The monoisotopic (exact) mass is 450 g/mol. The lowest BCUT2D eigenvalue weighted by Crippen LogP contribution is -2.15. The van der Waals surface area contributed by atoms with E-state index in [0.717, 1.165) is 11.3 Å². The molecular formula is C18H12Cl2N4O2S2. The van der Waals surface area contributed by atoms with E-state index in [0.29, 0.717) is 26.8 Å². The lowest BCUT2D eigenvalue weighted by atomic mass is 10.3. The van der Waals surface area contributed by atoms with E-state index in [2.05, 4.69) is 20.0 Å². The number of thiophene rings is 1. The molecule has 0 fully saturated rings. The number of rotatable bonds is 5. The van der Waals surface area contributed by atoms with Crippen molar-refractivity contribution in [1.82, 2.24) is 9.97 Å².